The Labute approximate surface area is 155 Å². The largest absolute Gasteiger partial charge is 0.355 e. The molecule has 0 aromatic heterocycles. The van der Waals surface area contributed by atoms with Crippen LogP contribution < -0.4 is 5.32 Å². The van der Waals surface area contributed by atoms with Gasteiger partial charge >= 0.3 is 0 Å². The minimum atomic E-state index is -2.99. The Morgan fingerprint density at radius 2 is 2.18 bits per heavy atom. The van der Waals surface area contributed by atoms with Crippen LogP contribution >= 0.6 is 35.7 Å². The minimum absolute atomic E-state index is 0. The van der Waals surface area contributed by atoms with Crippen LogP contribution in [-0.4, -0.2) is 80.1 Å². The summed E-state index contributed by atoms with van der Waals surface area (Å²) >= 11 is 2.03. The Bertz CT molecular complexity index is 473. The van der Waals surface area contributed by atoms with E-state index in [1.165, 1.54) is 6.42 Å². The predicted octanol–water partition coefficient (Wildman–Crippen LogP) is 1.04. The summed E-state index contributed by atoms with van der Waals surface area (Å²) in [6, 6.07) is 0. The molecule has 2 saturated heterocycles. The Balaban J connectivity index is 0.00000242. The highest BCUT2D eigenvalue weighted by molar-refractivity contribution is 14.0. The molecule has 0 aromatic carbocycles. The summed E-state index contributed by atoms with van der Waals surface area (Å²) in [4.78, 5) is 6.62. The minimum Gasteiger partial charge on any atom is -0.355 e. The molecule has 1 unspecified atom stereocenters. The first-order valence-corrected chi connectivity index (χ1v) is 10.3. The van der Waals surface area contributed by atoms with Crippen molar-refractivity contribution >= 4 is 51.7 Å². The SMILES string of the molecule is CCC1CN(C(=NC)NCCN2CCCS2(=O)=O)CCS1.I. The summed E-state index contributed by atoms with van der Waals surface area (Å²) in [6.45, 7) is 6.04. The Kier molecular flexibility index (Phi) is 8.80. The van der Waals surface area contributed by atoms with Gasteiger partial charge in [-0.1, -0.05) is 6.92 Å². The maximum absolute atomic E-state index is 11.7. The first kappa shape index (κ1) is 20.3. The second-order valence-corrected chi connectivity index (χ2v) is 8.89. The van der Waals surface area contributed by atoms with E-state index in [4.69, 9.17) is 0 Å². The van der Waals surface area contributed by atoms with Gasteiger partial charge in [-0.2, -0.15) is 11.8 Å². The average Bonchev–Trinajstić information content (AvgIpc) is 2.82. The van der Waals surface area contributed by atoms with E-state index < -0.39 is 10.0 Å². The number of rotatable bonds is 4. The van der Waals surface area contributed by atoms with Crippen LogP contribution in [0.15, 0.2) is 4.99 Å². The highest BCUT2D eigenvalue weighted by atomic mass is 127. The second-order valence-electron chi connectivity index (χ2n) is 5.39. The molecule has 2 rings (SSSR count). The lowest BCUT2D eigenvalue weighted by Gasteiger charge is -2.34. The van der Waals surface area contributed by atoms with E-state index in [-0.39, 0.29) is 24.0 Å². The molecule has 2 heterocycles. The number of hydrogen-bond donors (Lipinski definition) is 1. The van der Waals surface area contributed by atoms with Crippen molar-refractivity contribution in [2.75, 3.05) is 51.3 Å². The molecule has 0 aliphatic carbocycles. The fourth-order valence-electron chi connectivity index (χ4n) is 2.73. The van der Waals surface area contributed by atoms with Gasteiger partial charge in [-0.15, -0.1) is 24.0 Å². The molecule has 0 amide bonds. The van der Waals surface area contributed by atoms with E-state index in [2.05, 4.69) is 22.1 Å². The molecule has 2 aliphatic heterocycles. The molecule has 0 bridgehead atoms. The summed E-state index contributed by atoms with van der Waals surface area (Å²) < 4.78 is 25.1. The van der Waals surface area contributed by atoms with Crippen LogP contribution in [0.1, 0.15) is 19.8 Å². The van der Waals surface area contributed by atoms with Crippen molar-refractivity contribution in [3.63, 3.8) is 0 Å². The van der Waals surface area contributed by atoms with Crippen molar-refractivity contribution in [2.45, 2.75) is 25.0 Å². The highest BCUT2D eigenvalue weighted by Crippen LogP contribution is 2.21. The van der Waals surface area contributed by atoms with Crippen LogP contribution in [-0.2, 0) is 10.0 Å². The van der Waals surface area contributed by atoms with Crippen LogP contribution in [0.5, 0.6) is 0 Å². The highest BCUT2D eigenvalue weighted by Gasteiger charge is 2.28. The molecule has 0 radical (unpaired) electrons. The summed E-state index contributed by atoms with van der Waals surface area (Å²) in [6.07, 6.45) is 1.92. The Hall–Kier alpha value is 0.260. The van der Waals surface area contributed by atoms with Gasteiger partial charge in [-0.25, -0.2) is 12.7 Å². The van der Waals surface area contributed by atoms with E-state index >= 15 is 0 Å². The number of sulfonamides is 1. The lowest BCUT2D eigenvalue weighted by Crippen LogP contribution is -2.49. The Morgan fingerprint density at radius 3 is 2.77 bits per heavy atom. The van der Waals surface area contributed by atoms with Gasteiger partial charge in [0.2, 0.25) is 10.0 Å². The van der Waals surface area contributed by atoms with Gasteiger partial charge in [0.1, 0.15) is 0 Å². The standard InChI is InChI=1S/C13H26N4O2S2.HI/c1-3-12-11-16(8-9-20-12)13(14-2)15-5-7-17-6-4-10-21(17,18)19;/h12H,3-11H2,1-2H3,(H,14,15);1H. The summed E-state index contributed by atoms with van der Waals surface area (Å²) in [5, 5.41) is 3.97. The van der Waals surface area contributed by atoms with Crippen LogP contribution in [0.2, 0.25) is 0 Å². The lowest BCUT2D eigenvalue weighted by molar-refractivity contribution is 0.399. The molecule has 0 spiro atoms. The number of aliphatic imine (C=N–C) groups is 1. The van der Waals surface area contributed by atoms with E-state index in [0.29, 0.717) is 30.6 Å². The fourth-order valence-corrected chi connectivity index (χ4v) is 5.43. The number of nitrogens with zero attached hydrogens (tertiary/aromatic N) is 3. The van der Waals surface area contributed by atoms with Crippen molar-refractivity contribution in [2.24, 2.45) is 4.99 Å². The predicted molar refractivity (Wildman–Crippen MR) is 105 cm³/mol. The van der Waals surface area contributed by atoms with Crippen molar-refractivity contribution in [1.82, 2.24) is 14.5 Å². The van der Waals surface area contributed by atoms with Gasteiger partial charge in [0, 0.05) is 50.8 Å². The molecule has 2 fully saturated rings. The Morgan fingerprint density at radius 1 is 1.41 bits per heavy atom. The fraction of sp³-hybridized carbons (Fsp3) is 0.923. The summed E-state index contributed by atoms with van der Waals surface area (Å²) in [5.74, 6) is 2.31. The topological polar surface area (TPSA) is 65.0 Å². The summed E-state index contributed by atoms with van der Waals surface area (Å²) in [7, 11) is -1.20. The van der Waals surface area contributed by atoms with Gasteiger partial charge < -0.3 is 10.2 Å². The van der Waals surface area contributed by atoms with Gasteiger partial charge in [0.15, 0.2) is 5.96 Å². The van der Waals surface area contributed by atoms with Crippen LogP contribution in [0, 0.1) is 0 Å². The third-order valence-corrected chi connectivity index (χ3v) is 7.28. The molecular weight excluding hydrogens is 435 g/mol. The quantitative estimate of drug-likeness (QED) is 0.385. The lowest BCUT2D eigenvalue weighted by atomic mass is 10.3. The molecule has 0 saturated carbocycles. The number of guanidine groups is 1. The number of nitrogens with one attached hydrogen (secondary N) is 1. The smallest absolute Gasteiger partial charge is 0.214 e. The van der Waals surface area contributed by atoms with Crippen LogP contribution in [0.4, 0.5) is 0 Å². The van der Waals surface area contributed by atoms with Gasteiger partial charge in [-0.05, 0) is 12.8 Å². The van der Waals surface area contributed by atoms with Crippen molar-refractivity contribution in [3.8, 4) is 0 Å². The van der Waals surface area contributed by atoms with E-state index in [0.717, 1.165) is 31.2 Å². The molecule has 9 heteroatoms. The average molecular weight is 462 g/mol. The zero-order chi connectivity index (χ0) is 15.3. The van der Waals surface area contributed by atoms with E-state index in [9.17, 15) is 8.42 Å². The van der Waals surface area contributed by atoms with Crippen LogP contribution in [0.3, 0.4) is 0 Å². The second kappa shape index (κ2) is 9.53. The first-order valence-electron chi connectivity index (χ1n) is 7.62. The van der Waals surface area contributed by atoms with Crippen molar-refractivity contribution in [1.29, 1.82) is 0 Å². The van der Waals surface area contributed by atoms with E-state index in [1.54, 1.807) is 11.4 Å². The zero-order valence-corrected chi connectivity index (χ0v) is 17.3. The molecule has 22 heavy (non-hydrogen) atoms. The molecule has 6 nitrogen and oxygen atoms in total. The normalized spacial score (nSPS) is 25.8. The number of halogens is 1. The van der Waals surface area contributed by atoms with Gasteiger partial charge in [0.05, 0.1) is 5.75 Å². The van der Waals surface area contributed by atoms with Gasteiger partial charge in [0.25, 0.3) is 0 Å². The molecule has 1 N–H and O–H groups in total. The number of thioether (sulfide) groups is 1. The summed E-state index contributed by atoms with van der Waals surface area (Å²) in [5.41, 5.74) is 0. The van der Waals surface area contributed by atoms with Crippen molar-refractivity contribution in [3.05, 3.63) is 0 Å². The zero-order valence-electron chi connectivity index (χ0n) is 13.3. The van der Waals surface area contributed by atoms with Crippen LogP contribution in [0.25, 0.3) is 0 Å². The first-order chi connectivity index (χ1) is 10.1. The monoisotopic (exact) mass is 462 g/mol. The maximum Gasteiger partial charge on any atom is 0.214 e. The number of hydrogen-bond acceptors (Lipinski definition) is 4. The molecule has 0 aromatic rings. The molecule has 1 atom stereocenters. The molecular formula is C13H27IN4O2S2. The van der Waals surface area contributed by atoms with Crippen molar-refractivity contribution < 1.29 is 8.42 Å². The van der Waals surface area contributed by atoms with E-state index in [1.807, 2.05) is 11.8 Å². The maximum atomic E-state index is 11.7. The molecule has 2 aliphatic rings. The third-order valence-electron chi connectivity index (χ3n) is 3.95. The third kappa shape index (κ3) is 5.41. The van der Waals surface area contributed by atoms with Gasteiger partial charge in [-0.3, -0.25) is 4.99 Å². The molecule has 130 valence electrons.